The predicted octanol–water partition coefficient (Wildman–Crippen LogP) is 2.84. The number of hydrogen-bond acceptors (Lipinski definition) is 6. The maximum Gasteiger partial charge on any atom is 0.253 e. The molecule has 32 heavy (non-hydrogen) atoms. The van der Waals surface area contributed by atoms with E-state index in [4.69, 9.17) is 9.72 Å². The molecule has 0 spiro atoms. The standard InChI is InChI=1S/C25H33N5O2/c31-24(20-4-2-1-3-5-20)29-13-7-21(8-14-29)27-22-9-15-30(18-22)25-26-12-6-23(28-25)19-10-16-32-17-11-19/h1-6,12,19,21-22,27H,7-11,13-18H2. The van der Waals surface area contributed by atoms with Crippen molar-refractivity contribution in [2.45, 2.75) is 50.1 Å². The van der Waals surface area contributed by atoms with Crippen LogP contribution in [0.15, 0.2) is 42.6 Å². The van der Waals surface area contributed by atoms with Gasteiger partial charge < -0.3 is 19.9 Å². The molecule has 1 unspecified atom stereocenters. The maximum absolute atomic E-state index is 12.7. The topological polar surface area (TPSA) is 70.6 Å². The average molecular weight is 436 g/mol. The molecular formula is C25H33N5O2. The van der Waals surface area contributed by atoms with Gasteiger partial charge in [0.05, 0.1) is 0 Å². The number of rotatable bonds is 5. The SMILES string of the molecule is O=C(c1ccccc1)N1CCC(NC2CCN(c3nccc(C4CCOCC4)n3)C2)CC1. The molecule has 1 aromatic heterocycles. The summed E-state index contributed by atoms with van der Waals surface area (Å²) in [6.07, 6.45) is 7.12. The summed E-state index contributed by atoms with van der Waals surface area (Å²) < 4.78 is 5.50. The van der Waals surface area contributed by atoms with E-state index in [0.29, 0.717) is 18.0 Å². The van der Waals surface area contributed by atoms with Gasteiger partial charge in [-0.25, -0.2) is 9.97 Å². The number of ether oxygens (including phenoxy) is 1. The molecule has 2 aromatic rings. The van der Waals surface area contributed by atoms with Gasteiger partial charge in [0.15, 0.2) is 0 Å². The first-order valence-electron chi connectivity index (χ1n) is 12.0. The van der Waals surface area contributed by atoms with Gasteiger partial charge in [-0.1, -0.05) is 18.2 Å². The molecule has 3 aliphatic heterocycles. The van der Waals surface area contributed by atoms with Crippen LogP contribution in [0.4, 0.5) is 5.95 Å². The largest absolute Gasteiger partial charge is 0.381 e. The lowest BCUT2D eigenvalue weighted by Gasteiger charge is -2.34. The van der Waals surface area contributed by atoms with E-state index in [1.165, 1.54) is 0 Å². The Morgan fingerprint density at radius 2 is 1.69 bits per heavy atom. The van der Waals surface area contributed by atoms with Crippen molar-refractivity contribution in [3.8, 4) is 0 Å². The Hall–Kier alpha value is -2.51. The number of carbonyl (C=O) groups is 1. The van der Waals surface area contributed by atoms with Gasteiger partial charge in [0.25, 0.3) is 5.91 Å². The third-order valence-electron chi connectivity index (χ3n) is 7.05. The average Bonchev–Trinajstić information content (AvgIpc) is 3.34. The fourth-order valence-electron chi connectivity index (χ4n) is 5.16. The van der Waals surface area contributed by atoms with Gasteiger partial charge in [0.1, 0.15) is 0 Å². The van der Waals surface area contributed by atoms with Crippen molar-refractivity contribution in [2.75, 3.05) is 44.3 Å². The third-order valence-corrected chi connectivity index (χ3v) is 7.05. The van der Waals surface area contributed by atoms with Gasteiger partial charge in [-0.2, -0.15) is 0 Å². The highest BCUT2D eigenvalue weighted by Gasteiger charge is 2.29. The quantitative estimate of drug-likeness (QED) is 0.779. The molecule has 1 N–H and O–H groups in total. The van der Waals surface area contributed by atoms with Crippen LogP contribution in [-0.4, -0.2) is 72.3 Å². The van der Waals surface area contributed by atoms with Crippen LogP contribution in [0.5, 0.6) is 0 Å². The second-order valence-corrected chi connectivity index (χ2v) is 9.20. The van der Waals surface area contributed by atoms with E-state index in [0.717, 1.165) is 88.7 Å². The monoisotopic (exact) mass is 435 g/mol. The van der Waals surface area contributed by atoms with Crippen molar-refractivity contribution in [3.63, 3.8) is 0 Å². The molecule has 1 amide bonds. The molecule has 0 saturated carbocycles. The number of amides is 1. The zero-order valence-electron chi connectivity index (χ0n) is 18.7. The lowest BCUT2D eigenvalue weighted by Crippen LogP contribution is -2.48. The van der Waals surface area contributed by atoms with Crippen LogP contribution in [0.2, 0.25) is 0 Å². The predicted molar refractivity (Wildman–Crippen MR) is 124 cm³/mol. The summed E-state index contributed by atoms with van der Waals surface area (Å²) in [5, 5.41) is 3.84. The molecule has 0 bridgehead atoms. The minimum atomic E-state index is 0.151. The number of hydrogen-bond donors (Lipinski definition) is 1. The van der Waals surface area contributed by atoms with Crippen LogP contribution in [0, 0.1) is 0 Å². The summed E-state index contributed by atoms with van der Waals surface area (Å²) in [6.45, 7) is 5.22. The number of aromatic nitrogens is 2. The third kappa shape index (κ3) is 4.94. The number of benzene rings is 1. The summed E-state index contributed by atoms with van der Waals surface area (Å²) in [7, 11) is 0. The first-order valence-corrected chi connectivity index (χ1v) is 12.0. The van der Waals surface area contributed by atoms with Crippen molar-refractivity contribution in [1.82, 2.24) is 20.2 Å². The molecular weight excluding hydrogens is 402 g/mol. The second-order valence-electron chi connectivity index (χ2n) is 9.20. The van der Waals surface area contributed by atoms with Crippen molar-refractivity contribution in [3.05, 3.63) is 53.9 Å². The van der Waals surface area contributed by atoms with Crippen molar-refractivity contribution >= 4 is 11.9 Å². The molecule has 1 atom stereocenters. The molecule has 3 aliphatic rings. The first kappa shape index (κ1) is 21.3. The minimum Gasteiger partial charge on any atom is -0.381 e. The highest BCUT2D eigenvalue weighted by Crippen LogP contribution is 2.27. The number of nitrogens with zero attached hydrogens (tertiary/aromatic N) is 4. The number of anilines is 1. The summed E-state index contributed by atoms with van der Waals surface area (Å²) in [5.41, 5.74) is 1.94. The fraction of sp³-hybridized carbons (Fsp3) is 0.560. The summed E-state index contributed by atoms with van der Waals surface area (Å²) in [6, 6.07) is 12.6. The van der Waals surface area contributed by atoms with Crippen LogP contribution < -0.4 is 10.2 Å². The summed E-state index contributed by atoms with van der Waals surface area (Å²) in [5.74, 6) is 1.50. The van der Waals surface area contributed by atoms with Gasteiger partial charge in [0.2, 0.25) is 5.95 Å². The molecule has 1 aromatic carbocycles. The van der Waals surface area contributed by atoms with Gasteiger partial charge in [0, 0.05) is 74.8 Å². The molecule has 5 rings (SSSR count). The molecule has 170 valence electrons. The Morgan fingerprint density at radius 1 is 0.938 bits per heavy atom. The number of piperidine rings is 1. The van der Waals surface area contributed by atoms with Crippen LogP contribution in [0.1, 0.15) is 54.1 Å². The lowest BCUT2D eigenvalue weighted by molar-refractivity contribution is 0.0702. The Labute approximate surface area is 190 Å². The first-order chi connectivity index (χ1) is 15.8. The highest BCUT2D eigenvalue weighted by atomic mass is 16.5. The van der Waals surface area contributed by atoms with E-state index in [9.17, 15) is 4.79 Å². The Kier molecular flexibility index (Phi) is 6.64. The van der Waals surface area contributed by atoms with Crippen LogP contribution >= 0.6 is 0 Å². The van der Waals surface area contributed by atoms with E-state index >= 15 is 0 Å². The zero-order chi connectivity index (χ0) is 21.8. The number of likely N-dealkylation sites (tertiary alicyclic amines) is 1. The second kappa shape index (κ2) is 9.96. The molecule has 7 heteroatoms. The Bertz CT molecular complexity index is 894. The number of nitrogens with one attached hydrogen (secondary N) is 1. The molecule has 3 fully saturated rings. The van der Waals surface area contributed by atoms with Crippen molar-refractivity contribution in [2.24, 2.45) is 0 Å². The molecule has 4 heterocycles. The van der Waals surface area contributed by atoms with E-state index in [2.05, 4.69) is 21.3 Å². The van der Waals surface area contributed by atoms with Gasteiger partial charge in [-0.15, -0.1) is 0 Å². The van der Waals surface area contributed by atoms with Crippen LogP contribution in [0.25, 0.3) is 0 Å². The Morgan fingerprint density at radius 3 is 2.47 bits per heavy atom. The molecule has 0 aliphatic carbocycles. The minimum absolute atomic E-state index is 0.151. The smallest absolute Gasteiger partial charge is 0.253 e. The lowest BCUT2D eigenvalue weighted by atomic mass is 9.96. The summed E-state index contributed by atoms with van der Waals surface area (Å²) in [4.78, 5) is 26.4. The molecule has 7 nitrogen and oxygen atoms in total. The maximum atomic E-state index is 12.7. The molecule has 3 saturated heterocycles. The van der Waals surface area contributed by atoms with Gasteiger partial charge in [-0.05, 0) is 50.3 Å². The van der Waals surface area contributed by atoms with E-state index in [1.54, 1.807) is 0 Å². The van der Waals surface area contributed by atoms with E-state index < -0.39 is 0 Å². The number of carbonyl (C=O) groups excluding carboxylic acids is 1. The Balaban J connectivity index is 1.11. The fourth-order valence-corrected chi connectivity index (χ4v) is 5.16. The summed E-state index contributed by atoms with van der Waals surface area (Å²) >= 11 is 0. The van der Waals surface area contributed by atoms with Gasteiger partial charge >= 0.3 is 0 Å². The van der Waals surface area contributed by atoms with E-state index in [-0.39, 0.29) is 5.91 Å². The zero-order valence-corrected chi connectivity index (χ0v) is 18.7. The highest BCUT2D eigenvalue weighted by molar-refractivity contribution is 5.94. The van der Waals surface area contributed by atoms with Crippen molar-refractivity contribution < 1.29 is 9.53 Å². The van der Waals surface area contributed by atoms with E-state index in [1.807, 2.05) is 41.4 Å². The van der Waals surface area contributed by atoms with Crippen LogP contribution in [-0.2, 0) is 4.74 Å². The van der Waals surface area contributed by atoms with Gasteiger partial charge in [-0.3, -0.25) is 4.79 Å². The van der Waals surface area contributed by atoms with Crippen LogP contribution in [0.3, 0.4) is 0 Å². The normalized spacial score (nSPS) is 22.9. The van der Waals surface area contributed by atoms with Crippen molar-refractivity contribution in [1.29, 1.82) is 0 Å². The molecule has 0 radical (unpaired) electrons.